The predicted molar refractivity (Wildman–Crippen MR) is 175 cm³/mol. The van der Waals surface area contributed by atoms with Crippen LogP contribution in [0, 0.1) is 0 Å². The number of carbonyl (C=O) groups excluding carboxylic acids is 1. The van der Waals surface area contributed by atoms with Gasteiger partial charge in [-0.2, -0.15) is 0 Å². The van der Waals surface area contributed by atoms with Gasteiger partial charge in [-0.15, -0.1) is 0 Å². The molecule has 2 unspecified atom stereocenters. The van der Waals surface area contributed by atoms with Crippen molar-refractivity contribution in [2.24, 2.45) is 0 Å². The third kappa shape index (κ3) is 28.7. The second-order valence-electron chi connectivity index (χ2n) is 12.3. The lowest BCUT2D eigenvalue weighted by Crippen LogP contribution is -2.45. The molecule has 0 aliphatic heterocycles. The largest absolute Gasteiger partial charge is 0.394 e. The van der Waals surface area contributed by atoms with E-state index in [1.54, 1.807) is 0 Å². The Bertz CT molecular complexity index is 536. The molecule has 0 saturated heterocycles. The van der Waals surface area contributed by atoms with E-state index in [9.17, 15) is 15.0 Å². The van der Waals surface area contributed by atoms with Crippen molar-refractivity contribution >= 4 is 5.91 Å². The van der Waals surface area contributed by atoms with Crippen LogP contribution in [0.3, 0.4) is 0 Å². The molecule has 4 heteroatoms. The Morgan fingerprint density at radius 3 is 1.38 bits per heavy atom. The van der Waals surface area contributed by atoms with Crippen molar-refractivity contribution in [3.63, 3.8) is 0 Å². The second-order valence-corrected chi connectivity index (χ2v) is 12.3. The van der Waals surface area contributed by atoms with Crippen molar-refractivity contribution in [3.8, 4) is 0 Å². The minimum absolute atomic E-state index is 0.0407. The van der Waals surface area contributed by atoms with Gasteiger partial charge in [0.2, 0.25) is 5.91 Å². The highest BCUT2D eigenvalue weighted by atomic mass is 16.3. The Morgan fingerprint density at radius 2 is 0.950 bits per heavy atom. The number of unbranched alkanes of at least 4 members (excludes halogenated alkanes) is 23. The number of rotatable bonds is 32. The summed E-state index contributed by atoms with van der Waals surface area (Å²) in [5.74, 6) is -0.0407. The zero-order valence-electron chi connectivity index (χ0n) is 27.1. The van der Waals surface area contributed by atoms with Crippen molar-refractivity contribution in [1.29, 1.82) is 0 Å². The molecule has 0 saturated carbocycles. The average Bonchev–Trinajstić information content (AvgIpc) is 2.96. The third-order valence-electron chi connectivity index (χ3n) is 8.28. The summed E-state index contributed by atoms with van der Waals surface area (Å²) in [4.78, 5) is 12.3. The first-order chi connectivity index (χ1) is 19.7. The fourth-order valence-corrected chi connectivity index (χ4v) is 5.47. The Morgan fingerprint density at radius 1 is 0.575 bits per heavy atom. The molecule has 0 aromatic carbocycles. The monoisotopic (exact) mass is 566 g/mol. The summed E-state index contributed by atoms with van der Waals surface area (Å²) in [7, 11) is 0. The maximum atomic E-state index is 12.3. The molecule has 2 atom stereocenters. The number of hydrogen-bond donors (Lipinski definition) is 3. The fraction of sp³-hybridized carbons (Fsp3) is 0.917. The first-order valence-electron chi connectivity index (χ1n) is 17.9. The molecule has 238 valence electrons. The maximum Gasteiger partial charge on any atom is 0.220 e. The van der Waals surface area contributed by atoms with Crippen LogP contribution in [-0.4, -0.2) is 34.9 Å². The van der Waals surface area contributed by atoms with E-state index in [-0.39, 0.29) is 12.5 Å². The van der Waals surface area contributed by atoms with E-state index < -0.39 is 12.1 Å². The zero-order chi connectivity index (χ0) is 29.4. The Hall–Kier alpha value is -0.870. The van der Waals surface area contributed by atoms with E-state index in [0.717, 1.165) is 25.7 Å². The highest BCUT2D eigenvalue weighted by Crippen LogP contribution is 2.15. The normalized spacial score (nSPS) is 13.2. The van der Waals surface area contributed by atoms with E-state index in [2.05, 4.69) is 31.3 Å². The van der Waals surface area contributed by atoms with E-state index in [0.29, 0.717) is 12.8 Å². The van der Waals surface area contributed by atoms with Crippen LogP contribution in [0.1, 0.15) is 194 Å². The first kappa shape index (κ1) is 39.1. The minimum atomic E-state index is -0.657. The summed E-state index contributed by atoms with van der Waals surface area (Å²) in [6, 6.07) is -0.534. The van der Waals surface area contributed by atoms with Gasteiger partial charge in [0.25, 0.3) is 0 Å². The Kier molecular flexibility index (Phi) is 31.9. The van der Waals surface area contributed by atoms with Crippen LogP contribution in [0.4, 0.5) is 0 Å². The lowest BCUT2D eigenvalue weighted by atomic mass is 10.0. The molecule has 0 aliphatic rings. The molecule has 0 radical (unpaired) electrons. The summed E-state index contributed by atoms with van der Waals surface area (Å²) >= 11 is 0. The average molecular weight is 566 g/mol. The number of nitrogens with one attached hydrogen (secondary N) is 1. The van der Waals surface area contributed by atoms with Gasteiger partial charge in [-0.25, -0.2) is 0 Å². The summed E-state index contributed by atoms with van der Waals surface area (Å²) in [5.41, 5.74) is 0. The van der Waals surface area contributed by atoms with Gasteiger partial charge in [0.05, 0.1) is 18.8 Å². The summed E-state index contributed by atoms with van der Waals surface area (Å²) < 4.78 is 0. The molecular weight excluding hydrogens is 494 g/mol. The van der Waals surface area contributed by atoms with Crippen molar-refractivity contribution in [3.05, 3.63) is 12.2 Å². The summed E-state index contributed by atoms with van der Waals surface area (Å²) in [6.45, 7) is 4.34. The van der Waals surface area contributed by atoms with Crippen LogP contribution in [0.5, 0.6) is 0 Å². The smallest absolute Gasteiger partial charge is 0.220 e. The van der Waals surface area contributed by atoms with Gasteiger partial charge in [-0.3, -0.25) is 4.79 Å². The van der Waals surface area contributed by atoms with Crippen molar-refractivity contribution in [2.45, 2.75) is 206 Å². The lowest BCUT2D eigenvalue weighted by Gasteiger charge is -2.22. The van der Waals surface area contributed by atoms with Crippen LogP contribution in [0.15, 0.2) is 12.2 Å². The molecule has 0 fully saturated rings. The van der Waals surface area contributed by atoms with Gasteiger partial charge in [0.15, 0.2) is 0 Å². The molecule has 3 N–H and O–H groups in total. The van der Waals surface area contributed by atoms with Crippen LogP contribution in [-0.2, 0) is 4.79 Å². The first-order valence-corrected chi connectivity index (χ1v) is 17.9. The molecule has 0 rings (SSSR count). The molecule has 0 spiro atoms. The maximum absolute atomic E-state index is 12.3. The molecular formula is C36H71NO3. The standard InChI is InChI=1S/C36H71NO3/c1-3-5-7-9-11-13-15-17-18-20-22-24-26-28-30-32-36(40)37-34(33-38)35(39)31-29-27-25-23-21-19-16-14-12-10-8-6-4-2/h17-18,34-35,38-39H,3-16,19-33H2,1-2H3,(H,37,40)/b18-17+. The SMILES string of the molecule is CCCCCCCC/C=C/CCCCCCCC(=O)NC(CO)C(O)CCCCCCCCCCCCCCC. The van der Waals surface area contributed by atoms with E-state index in [1.165, 1.54) is 141 Å². The summed E-state index contributed by atoms with van der Waals surface area (Å²) in [6.07, 6.45) is 38.3. The molecule has 40 heavy (non-hydrogen) atoms. The number of hydrogen-bond acceptors (Lipinski definition) is 3. The lowest BCUT2D eigenvalue weighted by molar-refractivity contribution is -0.123. The topological polar surface area (TPSA) is 69.6 Å². The quantitative estimate of drug-likeness (QED) is 0.0561. The van der Waals surface area contributed by atoms with Crippen LogP contribution in [0.2, 0.25) is 0 Å². The number of aliphatic hydroxyl groups is 2. The molecule has 0 bridgehead atoms. The van der Waals surface area contributed by atoms with Gasteiger partial charge in [-0.1, -0.05) is 161 Å². The number of allylic oxidation sites excluding steroid dienone is 2. The van der Waals surface area contributed by atoms with Gasteiger partial charge in [-0.05, 0) is 38.5 Å². The van der Waals surface area contributed by atoms with Crippen molar-refractivity contribution in [2.75, 3.05) is 6.61 Å². The highest BCUT2D eigenvalue weighted by Gasteiger charge is 2.19. The van der Waals surface area contributed by atoms with Crippen LogP contribution < -0.4 is 5.32 Å². The van der Waals surface area contributed by atoms with E-state index in [1.807, 2.05) is 0 Å². The molecule has 4 nitrogen and oxygen atoms in total. The predicted octanol–water partition coefficient (Wildman–Crippen LogP) is 10.3. The van der Waals surface area contributed by atoms with Crippen LogP contribution in [0.25, 0.3) is 0 Å². The molecule has 1 amide bonds. The number of amides is 1. The van der Waals surface area contributed by atoms with Crippen LogP contribution >= 0.6 is 0 Å². The Balaban J connectivity index is 3.58. The third-order valence-corrected chi connectivity index (χ3v) is 8.28. The number of carbonyl (C=O) groups is 1. The molecule has 0 heterocycles. The summed E-state index contributed by atoms with van der Waals surface area (Å²) in [5, 5.41) is 23.0. The number of aliphatic hydroxyl groups excluding tert-OH is 2. The minimum Gasteiger partial charge on any atom is -0.394 e. The van der Waals surface area contributed by atoms with E-state index in [4.69, 9.17) is 0 Å². The molecule has 0 aromatic rings. The highest BCUT2D eigenvalue weighted by molar-refractivity contribution is 5.76. The zero-order valence-corrected chi connectivity index (χ0v) is 27.1. The fourth-order valence-electron chi connectivity index (χ4n) is 5.47. The molecule has 0 aromatic heterocycles. The molecule has 0 aliphatic carbocycles. The Labute approximate surface area is 250 Å². The van der Waals surface area contributed by atoms with Gasteiger partial charge in [0.1, 0.15) is 0 Å². The second kappa shape index (κ2) is 32.6. The van der Waals surface area contributed by atoms with Crippen molar-refractivity contribution in [1.82, 2.24) is 5.32 Å². The van der Waals surface area contributed by atoms with E-state index >= 15 is 0 Å². The van der Waals surface area contributed by atoms with Gasteiger partial charge in [0, 0.05) is 6.42 Å². The van der Waals surface area contributed by atoms with Gasteiger partial charge < -0.3 is 15.5 Å². The van der Waals surface area contributed by atoms with Crippen molar-refractivity contribution < 1.29 is 15.0 Å². The van der Waals surface area contributed by atoms with Gasteiger partial charge >= 0.3 is 0 Å².